The first-order valence-corrected chi connectivity index (χ1v) is 8.40. The predicted molar refractivity (Wildman–Crippen MR) is 100 cm³/mol. The highest BCUT2D eigenvalue weighted by atomic mass is 35.5. The van der Waals surface area contributed by atoms with Crippen LogP contribution >= 0.6 is 23.2 Å². The zero-order chi connectivity index (χ0) is 17.5. The number of esters is 1. The fraction of sp³-hybridized carbons (Fsp3) is 0.211. The molecule has 126 valence electrons. The molecule has 2 N–H and O–H groups in total. The van der Waals surface area contributed by atoms with E-state index in [1.807, 2.05) is 42.5 Å². The molecule has 0 fully saturated rings. The third kappa shape index (κ3) is 5.10. The van der Waals surface area contributed by atoms with E-state index < -0.39 is 6.04 Å². The molecule has 0 aromatic heterocycles. The van der Waals surface area contributed by atoms with Gasteiger partial charge in [0.25, 0.3) is 0 Å². The number of carbonyl (C=O) groups excluding carboxylic acids is 1. The maximum absolute atomic E-state index is 11.6. The quantitative estimate of drug-likeness (QED) is 0.602. The zero-order valence-corrected chi connectivity index (χ0v) is 14.8. The van der Waals surface area contributed by atoms with Crippen LogP contribution in [0.1, 0.15) is 23.6 Å². The topological polar surface area (TPSA) is 52.3 Å². The van der Waals surface area contributed by atoms with Gasteiger partial charge in [0.1, 0.15) is 6.04 Å². The van der Waals surface area contributed by atoms with E-state index in [4.69, 9.17) is 33.7 Å². The van der Waals surface area contributed by atoms with Gasteiger partial charge in [-0.3, -0.25) is 4.79 Å². The average Bonchev–Trinajstić information content (AvgIpc) is 2.56. The van der Waals surface area contributed by atoms with Crippen LogP contribution in [-0.4, -0.2) is 18.6 Å². The van der Waals surface area contributed by atoms with Crippen LogP contribution in [0.15, 0.2) is 42.5 Å². The van der Waals surface area contributed by atoms with E-state index in [-0.39, 0.29) is 5.97 Å². The molecule has 0 amide bonds. The van der Waals surface area contributed by atoms with E-state index >= 15 is 0 Å². The Hall–Kier alpha value is -1.81. The molecule has 5 heteroatoms. The van der Waals surface area contributed by atoms with Crippen molar-refractivity contribution < 1.29 is 9.53 Å². The zero-order valence-electron chi connectivity index (χ0n) is 13.3. The molecule has 0 aliphatic heterocycles. The Bertz CT molecular complexity index is 706. The SMILES string of the molecule is CCOC(=O)[C@@H](N)Cc1ccc(C=Cc2c(Cl)cccc2Cl)cc1. The third-order valence-electron chi connectivity index (χ3n) is 3.47. The van der Waals surface area contributed by atoms with Crippen molar-refractivity contribution in [2.24, 2.45) is 5.73 Å². The van der Waals surface area contributed by atoms with Gasteiger partial charge in [-0.15, -0.1) is 0 Å². The second kappa shape index (κ2) is 8.88. The van der Waals surface area contributed by atoms with Crippen LogP contribution in [0.25, 0.3) is 12.2 Å². The van der Waals surface area contributed by atoms with E-state index in [0.29, 0.717) is 23.1 Å². The van der Waals surface area contributed by atoms with Gasteiger partial charge >= 0.3 is 5.97 Å². The van der Waals surface area contributed by atoms with Crippen molar-refractivity contribution in [3.63, 3.8) is 0 Å². The van der Waals surface area contributed by atoms with Crippen LogP contribution < -0.4 is 5.73 Å². The molecule has 0 radical (unpaired) electrons. The van der Waals surface area contributed by atoms with Gasteiger partial charge in [0.2, 0.25) is 0 Å². The van der Waals surface area contributed by atoms with Crippen LogP contribution in [0, 0.1) is 0 Å². The first kappa shape index (κ1) is 18.5. The summed E-state index contributed by atoms with van der Waals surface area (Å²) in [6.07, 6.45) is 4.26. The summed E-state index contributed by atoms with van der Waals surface area (Å²) < 4.78 is 4.91. The minimum absolute atomic E-state index is 0.334. The highest BCUT2D eigenvalue weighted by Crippen LogP contribution is 2.26. The van der Waals surface area contributed by atoms with Crippen molar-refractivity contribution in [2.75, 3.05) is 6.61 Å². The minimum Gasteiger partial charge on any atom is -0.465 e. The number of hydrogen-bond donors (Lipinski definition) is 1. The Kier molecular flexibility index (Phi) is 6.85. The van der Waals surface area contributed by atoms with Crippen molar-refractivity contribution in [1.29, 1.82) is 0 Å². The lowest BCUT2D eigenvalue weighted by Crippen LogP contribution is -2.34. The second-order valence-corrected chi connectivity index (χ2v) is 6.09. The van der Waals surface area contributed by atoms with Crippen molar-refractivity contribution in [3.05, 3.63) is 69.2 Å². The average molecular weight is 364 g/mol. The van der Waals surface area contributed by atoms with Crippen molar-refractivity contribution in [1.82, 2.24) is 0 Å². The molecule has 0 aliphatic carbocycles. The van der Waals surface area contributed by atoms with Gasteiger partial charge in [-0.2, -0.15) is 0 Å². The summed E-state index contributed by atoms with van der Waals surface area (Å²) >= 11 is 12.3. The monoisotopic (exact) mass is 363 g/mol. The lowest BCUT2D eigenvalue weighted by Gasteiger charge is -2.10. The van der Waals surface area contributed by atoms with E-state index in [1.54, 1.807) is 19.1 Å². The Morgan fingerprint density at radius 3 is 2.33 bits per heavy atom. The Morgan fingerprint density at radius 2 is 1.75 bits per heavy atom. The minimum atomic E-state index is -0.645. The van der Waals surface area contributed by atoms with Crippen molar-refractivity contribution >= 4 is 41.3 Å². The summed E-state index contributed by atoms with van der Waals surface area (Å²) in [4.78, 5) is 11.6. The lowest BCUT2D eigenvalue weighted by molar-refractivity contribution is -0.144. The molecule has 24 heavy (non-hydrogen) atoms. The van der Waals surface area contributed by atoms with E-state index in [0.717, 1.165) is 16.7 Å². The summed E-state index contributed by atoms with van der Waals surface area (Å²) in [6, 6.07) is 12.5. The number of benzene rings is 2. The van der Waals surface area contributed by atoms with Gasteiger partial charge in [-0.05, 0) is 36.6 Å². The number of carbonyl (C=O) groups is 1. The first-order valence-electron chi connectivity index (χ1n) is 7.64. The molecular formula is C19H19Cl2NO2. The summed E-state index contributed by atoms with van der Waals surface area (Å²) in [7, 11) is 0. The molecule has 0 saturated carbocycles. The third-order valence-corrected chi connectivity index (χ3v) is 4.13. The van der Waals surface area contributed by atoms with Crippen LogP contribution in [0.2, 0.25) is 10.0 Å². The highest BCUT2D eigenvalue weighted by Gasteiger charge is 2.14. The molecule has 0 saturated heterocycles. The lowest BCUT2D eigenvalue weighted by atomic mass is 10.0. The van der Waals surface area contributed by atoms with Gasteiger partial charge in [0.05, 0.1) is 6.61 Å². The number of nitrogens with two attached hydrogens (primary N) is 1. The molecule has 0 heterocycles. The van der Waals surface area contributed by atoms with Crippen LogP contribution in [0.5, 0.6) is 0 Å². The molecule has 1 atom stereocenters. The second-order valence-electron chi connectivity index (χ2n) is 5.27. The Balaban J connectivity index is 2.04. The fourth-order valence-electron chi connectivity index (χ4n) is 2.20. The van der Waals surface area contributed by atoms with E-state index in [2.05, 4.69) is 0 Å². The van der Waals surface area contributed by atoms with Gasteiger partial charge in [0, 0.05) is 15.6 Å². The number of halogens is 2. The maximum atomic E-state index is 11.6. The summed E-state index contributed by atoms with van der Waals surface area (Å²) in [5.41, 5.74) is 8.58. The summed E-state index contributed by atoms with van der Waals surface area (Å²) in [5, 5.41) is 1.21. The molecule has 3 nitrogen and oxygen atoms in total. The smallest absolute Gasteiger partial charge is 0.323 e. The molecular weight excluding hydrogens is 345 g/mol. The van der Waals surface area contributed by atoms with Gasteiger partial charge in [-0.25, -0.2) is 0 Å². The summed E-state index contributed by atoms with van der Waals surface area (Å²) in [5.74, 6) is -0.380. The number of rotatable bonds is 6. The van der Waals surface area contributed by atoms with Gasteiger partial charge in [-0.1, -0.05) is 65.7 Å². The Labute approximate surface area is 152 Å². The standard InChI is InChI=1S/C19H19Cl2NO2/c1-2-24-19(23)18(22)12-14-8-6-13(7-9-14)10-11-15-16(20)4-3-5-17(15)21/h3-11,18H,2,12,22H2,1H3/t18-/m0/s1. The molecule has 2 rings (SSSR count). The van der Waals surface area contributed by atoms with Gasteiger partial charge in [0.15, 0.2) is 0 Å². The molecule has 0 unspecified atom stereocenters. The van der Waals surface area contributed by atoms with E-state index in [1.165, 1.54) is 0 Å². The molecule has 0 aliphatic rings. The first-order chi connectivity index (χ1) is 11.5. The number of ether oxygens (including phenoxy) is 1. The van der Waals surface area contributed by atoms with Crippen LogP contribution in [0.4, 0.5) is 0 Å². The summed E-state index contributed by atoms with van der Waals surface area (Å²) in [6.45, 7) is 2.10. The molecule has 2 aromatic rings. The van der Waals surface area contributed by atoms with Crippen LogP contribution in [0.3, 0.4) is 0 Å². The normalized spacial score (nSPS) is 12.3. The maximum Gasteiger partial charge on any atom is 0.323 e. The predicted octanol–water partition coefficient (Wildman–Crippen LogP) is 4.60. The van der Waals surface area contributed by atoms with Crippen molar-refractivity contribution in [2.45, 2.75) is 19.4 Å². The number of hydrogen-bond acceptors (Lipinski definition) is 3. The molecule has 2 aromatic carbocycles. The van der Waals surface area contributed by atoms with Crippen molar-refractivity contribution in [3.8, 4) is 0 Å². The highest BCUT2D eigenvalue weighted by molar-refractivity contribution is 6.37. The molecule has 0 bridgehead atoms. The fourth-order valence-corrected chi connectivity index (χ4v) is 2.72. The largest absolute Gasteiger partial charge is 0.465 e. The molecule has 0 spiro atoms. The Morgan fingerprint density at radius 1 is 1.12 bits per heavy atom. The van der Waals surface area contributed by atoms with Crippen LogP contribution in [-0.2, 0) is 16.0 Å². The van der Waals surface area contributed by atoms with E-state index in [9.17, 15) is 4.79 Å². The van der Waals surface area contributed by atoms with Gasteiger partial charge < -0.3 is 10.5 Å².